The first kappa shape index (κ1) is 13.9. The molecule has 6 atom stereocenters. The molecule has 0 saturated carbocycles. The fraction of sp³-hybridized carbons (Fsp3) is 0.571. The number of ether oxygens (including phenoxy) is 4. The highest BCUT2D eigenvalue weighted by Crippen LogP contribution is 2.32. The molecule has 0 amide bonds. The molecule has 0 aromatic heterocycles. The highest BCUT2D eigenvalue weighted by atomic mass is 16.7. The lowest BCUT2D eigenvalue weighted by molar-refractivity contribution is -0.321. The maximum atomic E-state index is 6.17. The van der Waals surface area contributed by atoms with Crippen LogP contribution in [-0.4, -0.2) is 44.3 Å². The van der Waals surface area contributed by atoms with Gasteiger partial charge in [0, 0.05) is 12.7 Å². The number of fused-ring (bicyclic) bond motifs is 1. The molecular formula is C14H20N2O4. The molecule has 2 aliphatic rings. The third kappa shape index (κ3) is 2.46. The summed E-state index contributed by atoms with van der Waals surface area (Å²) in [6.45, 7) is 0.407. The quantitative estimate of drug-likeness (QED) is 0.800. The van der Waals surface area contributed by atoms with Crippen LogP contribution < -0.4 is 11.5 Å². The lowest BCUT2D eigenvalue weighted by Crippen LogP contribution is -2.67. The molecule has 0 spiro atoms. The van der Waals surface area contributed by atoms with Crippen LogP contribution in [0.15, 0.2) is 30.3 Å². The van der Waals surface area contributed by atoms with Gasteiger partial charge in [-0.1, -0.05) is 30.3 Å². The molecule has 6 heteroatoms. The maximum absolute atomic E-state index is 6.17. The zero-order chi connectivity index (χ0) is 14.1. The number of nitrogens with two attached hydrogens (primary N) is 2. The summed E-state index contributed by atoms with van der Waals surface area (Å²) < 4.78 is 22.6. The summed E-state index contributed by atoms with van der Waals surface area (Å²) in [6, 6.07) is 8.97. The summed E-state index contributed by atoms with van der Waals surface area (Å²) in [5.74, 6) is 0. The van der Waals surface area contributed by atoms with Gasteiger partial charge in [-0.25, -0.2) is 0 Å². The molecule has 2 aliphatic heterocycles. The van der Waals surface area contributed by atoms with Crippen LogP contribution >= 0.6 is 0 Å². The summed E-state index contributed by atoms with van der Waals surface area (Å²) in [7, 11) is 1.55. The summed E-state index contributed by atoms with van der Waals surface area (Å²) in [4.78, 5) is 0. The van der Waals surface area contributed by atoms with Gasteiger partial charge in [-0.3, -0.25) is 0 Å². The number of methoxy groups -OCH3 is 1. The average Bonchev–Trinajstić information content (AvgIpc) is 2.51. The van der Waals surface area contributed by atoms with E-state index >= 15 is 0 Å². The first-order valence-electron chi connectivity index (χ1n) is 6.72. The number of hydrogen-bond donors (Lipinski definition) is 2. The number of rotatable bonds is 2. The average molecular weight is 280 g/mol. The Hall–Kier alpha value is -1.02. The fourth-order valence-electron chi connectivity index (χ4n) is 2.66. The molecule has 2 fully saturated rings. The Bertz CT molecular complexity index is 442. The van der Waals surface area contributed by atoms with Crippen LogP contribution in [0.5, 0.6) is 0 Å². The molecule has 20 heavy (non-hydrogen) atoms. The summed E-state index contributed by atoms with van der Waals surface area (Å²) >= 11 is 0. The minimum absolute atomic E-state index is 0.255. The van der Waals surface area contributed by atoms with Crippen molar-refractivity contribution in [2.75, 3.05) is 13.7 Å². The molecule has 2 saturated heterocycles. The Labute approximate surface area is 117 Å². The molecule has 1 aromatic carbocycles. The summed E-state index contributed by atoms with van der Waals surface area (Å²) in [5, 5.41) is 0. The van der Waals surface area contributed by atoms with Gasteiger partial charge in [0.1, 0.15) is 12.2 Å². The first-order valence-corrected chi connectivity index (χ1v) is 6.72. The zero-order valence-corrected chi connectivity index (χ0v) is 11.3. The minimum atomic E-state index is -0.522. The van der Waals surface area contributed by atoms with Gasteiger partial charge in [0.15, 0.2) is 12.6 Å². The molecule has 6 nitrogen and oxygen atoms in total. The first-order chi connectivity index (χ1) is 9.70. The lowest BCUT2D eigenvalue weighted by atomic mass is 9.94. The number of benzene rings is 1. The predicted octanol–water partition coefficient (Wildman–Crippen LogP) is 0.127. The molecule has 2 heterocycles. The van der Waals surface area contributed by atoms with E-state index in [1.807, 2.05) is 30.3 Å². The van der Waals surface area contributed by atoms with Crippen molar-refractivity contribution in [1.29, 1.82) is 0 Å². The van der Waals surface area contributed by atoms with Gasteiger partial charge >= 0.3 is 0 Å². The Morgan fingerprint density at radius 3 is 2.55 bits per heavy atom. The van der Waals surface area contributed by atoms with E-state index in [0.717, 1.165) is 5.56 Å². The summed E-state index contributed by atoms with van der Waals surface area (Å²) in [5.41, 5.74) is 13.2. The van der Waals surface area contributed by atoms with Crippen LogP contribution in [-0.2, 0) is 18.9 Å². The standard InChI is InChI=1S/C14H20N2O4/c1-17-14-11(16)10(15)12-9(19-14)7-18-13(20-12)8-5-3-2-4-6-8/h2-6,9-14H,7,15-16H2,1H3/t9-,10-,11-,12?,13?,14?/m1/s1. The SMILES string of the molecule is COC1O[C@@H]2COC(c3ccccc3)OC2[C@H](N)[C@H]1N. The Kier molecular flexibility index (Phi) is 4.02. The largest absolute Gasteiger partial charge is 0.354 e. The Balaban J connectivity index is 1.74. The van der Waals surface area contributed by atoms with Crippen molar-refractivity contribution in [2.45, 2.75) is 36.9 Å². The van der Waals surface area contributed by atoms with E-state index in [9.17, 15) is 0 Å². The second-order valence-corrected chi connectivity index (χ2v) is 5.11. The van der Waals surface area contributed by atoms with Gasteiger partial charge in [0.05, 0.1) is 18.7 Å². The zero-order valence-electron chi connectivity index (χ0n) is 11.3. The molecule has 0 aliphatic carbocycles. The van der Waals surface area contributed by atoms with Crippen LogP contribution in [0, 0.1) is 0 Å². The van der Waals surface area contributed by atoms with Crippen LogP contribution in [0.3, 0.4) is 0 Å². The van der Waals surface area contributed by atoms with E-state index in [2.05, 4.69) is 0 Å². The third-order valence-electron chi connectivity index (χ3n) is 3.81. The van der Waals surface area contributed by atoms with Crippen molar-refractivity contribution in [1.82, 2.24) is 0 Å². The van der Waals surface area contributed by atoms with E-state index in [4.69, 9.17) is 30.4 Å². The van der Waals surface area contributed by atoms with Crippen LogP contribution in [0.4, 0.5) is 0 Å². The van der Waals surface area contributed by atoms with Crippen molar-refractivity contribution < 1.29 is 18.9 Å². The van der Waals surface area contributed by atoms with E-state index < -0.39 is 18.6 Å². The fourth-order valence-corrected chi connectivity index (χ4v) is 2.66. The second kappa shape index (κ2) is 5.77. The monoisotopic (exact) mass is 280 g/mol. The molecule has 3 unspecified atom stereocenters. The van der Waals surface area contributed by atoms with Crippen LogP contribution in [0.1, 0.15) is 11.9 Å². The van der Waals surface area contributed by atoms with Crippen molar-refractivity contribution in [3.05, 3.63) is 35.9 Å². The second-order valence-electron chi connectivity index (χ2n) is 5.11. The van der Waals surface area contributed by atoms with E-state index in [1.54, 1.807) is 7.11 Å². The molecule has 3 rings (SSSR count). The van der Waals surface area contributed by atoms with Crippen molar-refractivity contribution >= 4 is 0 Å². The number of hydrogen-bond acceptors (Lipinski definition) is 6. The minimum Gasteiger partial charge on any atom is -0.354 e. The molecule has 4 N–H and O–H groups in total. The van der Waals surface area contributed by atoms with E-state index in [-0.39, 0.29) is 18.2 Å². The molecule has 1 aromatic rings. The van der Waals surface area contributed by atoms with Gasteiger partial charge in [-0.2, -0.15) is 0 Å². The lowest BCUT2D eigenvalue weighted by Gasteiger charge is -2.47. The van der Waals surface area contributed by atoms with E-state index in [1.165, 1.54) is 0 Å². The normalized spacial score (nSPS) is 41.1. The van der Waals surface area contributed by atoms with Crippen molar-refractivity contribution in [2.24, 2.45) is 11.5 Å². The smallest absolute Gasteiger partial charge is 0.184 e. The summed E-state index contributed by atoms with van der Waals surface area (Å²) in [6.07, 6.45) is -1.50. The van der Waals surface area contributed by atoms with Crippen molar-refractivity contribution in [3.63, 3.8) is 0 Å². The molecule has 0 bridgehead atoms. The van der Waals surface area contributed by atoms with Gasteiger partial charge in [-0.15, -0.1) is 0 Å². The van der Waals surface area contributed by atoms with Gasteiger partial charge in [0.25, 0.3) is 0 Å². The third-order valence-corrected chi connectivity index (χ3v) is 3.81. The van der Waals surface area contributed by atoms with Gasteiger partial charge in [-0.05, 0) is 0 Å². The molecule has 110 valence electrons. The van der Waals surface area contributed by atoms with Gasteiger partial charge in [0.2, 0.25) is 0 Å². The topological polar surface area (TPSA) is 89.0 Å². The van der Waals surface area contributed by atoms with Crippen LogP contribution in [0.25, 0.3) is 0 Å². The molecule has 0 radical (unpaired) electrons. The highest BCUT2D eigenvalue weighted by molar-refractivity contribution is 5.16. The van der Waals surface area contributed by atoms with Crippen LogP contribution in [0.2, 0.25) is 0 Å². The van der Waals surface area contributed by atoms with E-state index in [0.29, 0.717) is 6.61 Å². The molecular weight excluding hydrogens is 260 g/mol. The Morgan fingerprint density at radius 2 is 1.85 bits per heavy atom. The predicted molar refractivity (Wildman–Crippen MR) is 71.6 cm³/mol. The van der Waals surface area contributed by atoms with Crippen molar-refractivity contribution in [3.8, 4) is 0 Å². The highest BCUT2D eigenvalue weighted by Gasteiger charge is 2.47. The van der Waals surface area contributed by atoms with Gasteiger partial charge < -0.3 is 30.4 Å². The Morgan fingerprint density at radius 1 is 1.10 bits per heavy atom. The maximum Gasteiger partial charge on any atom is 0.184 e.